The van der Waals surface area contributed by atoms with E-state index in [1.807, 2.05) is 36.5 Å². The third-order valence-electron chi connectivity index (χ3n) is 6.95. The molecule has 3 aromatic carbocycles. The first-order chi connectivity index (χ1) is 19.5. The molecule has 2 aromatic heterocycles. The van der Waals surface area contributed by atoms with E-state index in [2.05, 4.69) is 36.6 Å². The average molecular weight is 553 g/mol. The third kappa shape index (κ3) is 5.39. The third-order valence-corrected chi connectivity index (χ3v) is 8.35. The van der Waals surface area contributed by atoms with Crippen molar-refractivity contribution in [2.24, 2.45) is 0 Å². The van der Waals surface area contributed by atoms with E-state index in [0.717, 1.165) is 59.9 Å². The minimum absolute atomic E-state index is 0.193. The van der Waals surface area contributed by atoms with E-state index < -0.39 is 10.0 Å². The van der Waals surface area contributed by atoms with Crippen molar-refractivity contribution in [3.63, 3.8) is 0 Å². The predicted octanol–water partition coefficient (Wildman–Crippen LogP) is 4.83. The quantitative estimate of drug-likeness (QED) is 0.307. The van der Waals surface area contributed by atoms with Crippen LogP contribution in [0, 0.1) is 0 Å². The molecular formula is C30H28N6O3S. The van der Waals surface area contributed by atoms with Crippen LogP contribution in [0.5, 0.6) is 5.75 Å². The van der Waals surface area contributed by atoms with E-state index in [1.54, 1.807) is 49.7 Å². The Bertz CT molecular complexity index is 1740. The Labute approximate surface area is 233 Å². The molecule has 1 fully saturated rings. The molecule has 1 aliphatic rings. The molecule has 0 amide bonds. The van der Waals surface area contributed by atoms with Crippen LogP contribution in [0.4, 0.5) is 17.2 Å². The molecule has 5 aromatic rings. The highest BCUT2D eigenvalue weighted by molar-refractivity contribution is 7.92. The maximum Gasteiger partial charge on any atom is 0.261 e. The molecule has 0 aliphatic carbocycles. The largest absolute Gasteiger partial charge is 0.497 e. The maximum atomic E-state index is 12.8. The number of piperazine rings is 1. The van der Waals surface area contributed by atoms with Gasteiger partial charge in [-0.1, -0.05) is 24.3 Å². The van der Waals surface area contributed by atoms with Gasteiger partial charge >= 0.3 is 0 Å². The van der Waals surface area contributed by atoms with E-state index >= 15 is 0 Å². The molecule has 3 heterocycles. The lowest BCUT2D eigenvalue weighted by Crippen LogP contribution is -2.46. The van der Waals surface area contributed by atoms with Crippen LogP contribution < -0.4 is 19.3 Å². The Morgan fingerprint density at radius 2 is 1.52 bits per heavy atom. The van der Waals surface area contributed by atoms with Gasteiger partial charge in [-0.05, 0) is 60.2 Å². The summed E-state index contributed by atoms with van der Waals surface area (Å²) in [6.45, 7) is 3.42. The number of nitrogens with one attached hydrogen (secondary N) is 1. The number of methoxy groups -OCH3 is 1. The van der Waals surface area contributed by atoms with Crippen LogP contribution >= 0.6 is 0 Å². The standard InChI is InChI=1S/C30H28N6O3S/c1-39-26-10-8-25(9-11-26)35-13-15-36(16-14-35)30-21-32-28-12-7-22(18-29(28)33-30)23-17-24(20-31-19-23)34-40(37,38)27-5-3-2-4-6-27/h2-12,17-21,34H,13-16H2,1H3. The summed E-state index contributed by atoms with van der Waals surface area (Å²) in [6, 6.07) is 24.0. The first kappa shape index (κ1) is 25.6. The Morgan fingerprint density at radius 3 is 2.27 bits per heavy atom. The zero-order chi connectivity index (χ0) is 27.5. The second-order valence-electron chi connectivity index (χ2n) is 9.48. The Hall–Kier alpha value is -4.70. The molecule has 10 heteroatoms. The molecule has 0 radical (unpaired) electrons. The van der Waals surface area contributed by atoms with Gasteiger partial charge in [0.05, 0.1) is 41.1 Å². The molecule has 0 spiro atoms. The average Bonchev–Trinajstić information content (AvgIpc) is 3.01. The normalized spacial score (nSPS) is 13.8. The molecule has 0 unspecified atom stereocenters. The molecule has 1 N–H and O–H groups in total. The second-order valence-corrected chi connectivity index (χ2v) is 11.2. The number of ether oxygens (including phenoxy) is 1. The van der Waals surface area contributed by atoms with Crippen LogP contribution in [-0.2, 0) is 10.0 Å². The number of pyridine rings is 1. The van der Waals surface area contributed by atoms with Gasteiger partial charge in [0.15, 0.2) is 0 Å². The number of sulfonamides is 1. The molecule has 40 heavy (non-hydrogen) atoms. The van der Waals surface area contributed by atoms with Crippen LogP contribution in [0.25, 0.3) is 22.2 Å². The van der Waals surface area contributed by atoms with E-state index in [-0.39, 0.29) is 4.90 Å². The molecule has 1 saturated heterocycles. The van der Waals surface area contributed by atoms with Gasteiger partial charge in [-0.3, -0.25) is 14.7 Å². The van der Waals surface area contributed by atoms with E-state index in [4.69, 9.17) is 9.72 Å². The monoisotopic (exact) mass is 552 g/mol. The van der Waals surface area contributed by atoms with Crippen molar-refractivity contribution < 1.29 is 13.2 Å². The summed E-state index contributed by atoms with van der Waals surface area (Å²) in [5.74, 6) is 1.69. The first-order valence-corrected chi connectivity index (χ1v) is 14.4. The number of anilines is 3. The molecule has 1 aliphatic heterocycles. The van der Waals surface area contributed by atoms with Gasteiger partial charge in [0, 0.05) is 43.6 Å². The van der Waals surface area contributed by atoms with Crippen molar-refractivity contribution in [2.45, 2.75) is 4.90 Å². The van der Waals surface area contributed by atoms with Gasteiger partial charge in [-0.2, -0.15) is 0 Å². The summed E-state index contributed by atoms with van der Waals surface area (Å²) in [5.41, 5.74) is 4.76. The van der Waals surface area contributed by atoms with Crippen molar-refractivity contribution in [1.29, 1.82) is 0 Å². The number of aromatic nitrogens is 3. The van der Waals surface area contributed by atoms with Crippen molar-refractivity contribution >= 4 is 38.2 Å². The van der Waals surface area contributed by atoms with Gasteiger partial charge in [-0.15, -0.1) is 0 Å². The maximum absolute atomic E-state index is 12.8. The smallest absolute Gasteiger partial charge is 0.261 e. The fourth-order valence-electron chi connectivity index (χ4n) is 4.79. The highest BCUT2D eigenvalue weighted by Crippen LogP contribution is 2.27. The summed E-state index contributed by atoms with van der Waals surface area (Å²) < 4.78 is 33.4. The van der Waals surface area contributed by atoms with Gasteiger partial charge in [0.2, 0.25) is 0 Å². The van der Waals surface area contributed by atoms with Crippen molar-refractivity contribution in [1.82, 2.24) is 15.0 Å². The minimum Gasteiger partial charge on any atom is -0.497 e. The van der Waals surface area contributed by atoms with E-state index in [1.165, 1.54) is 11.9 Å². The number of nitrogens with zero attached hydrogens (tertiary/aromatic N) is 5. The summed E-state index contributed by atoms with van der Waals surface area (Å²) in [6.07, 6.45) is 5.03. The Morgan fingerprint density at radius 1 is 0.775 bits per heavy atom. The predicted molar refractivity (Wildman–Crippen MR) is 157 cm³/mol. The second kappa shape index (κ2) is 10.8. The molecule has 0 saturated carbocycles. The first-order valence-electron chi connectivity index (χ1n) is 12.9. The SMILES string of the molecule is COc1ccc(N2CCN(c3cnc4ccc(-c5cncc(NS(=O)(=O)c6ccccc6)c5)cc4n3)CC2)cc1. The van der Waals surface area contributed by atoms with Gasteiger partial charge in [0.25, 0.3) is 10.0 Å². The summed E-state index contributed by atoms with van der Waals surface area (Å²) in [5, 5.41) is 0. The molecule has 6 rings (SSSR count). The molecular weight excluding hydrogens is 524 g/mol. The lowest BCUT2D eigenvalue weighted by atomic mass is 10.1. The Balaban J connectivity index is 1.19. The molecule has 0 atom stereocenters. The van der Waals surface area contributed by atoms with Crippen LogP contribution in [-0.4, -0.2) is 56.7 Å². The number of fused-ring (bicyclic) bond motifs is 1. The van der Waals surface area contributed by atoms with Crippen LogP contribution in [0.3, 0.4) is 0 Å². The lowest BCUT2D eigenvalue weighted by molar-refractivity contribution is 0.415. The van der Waals surface area contributed by atoms with Gasteiger partial charge < -0.3 is 14.5 Å². The van der Waals surface area contributed by atoms with Crippen molar-refractivity contribution in [2.75, 3.05) is 47.8 Å². The summed E-state index contributed by atoms with van der Waals surface area (Å²) in [4.78, 5) is 18.6. The lowest BCUT2D eigenvalue weighted by Gasteiger charge is -2.36. The topological polar surface area (TPSA) is 101 Å². The number of hydrogen-bond acceptors (Lipinski definition) is 8. The van der Waals surface area contributed by atoms with Crippen molar-refractivity contribution in [3.05, 3.63) is 97.5 Å². The molecule has 9 nitrogen and oxygen atoms in total. The summed E-state index contributed by atoms with van der Waals surface area (Å²) >= 11 is 0. The number of rotatable bonds is 7. The van der Waals surface area contributed by atoms with Crippen LogP contribution in [0.1, 0.15) is 0 Å². The van der Waals surface area contributed by atoms with Gasteiger partial charge in [-0.25, -0.2) is 13.4 Å². The van der Waals surface area contributed by atoms with Crippen LogP contribution in [0.2, 0.25) is 0 Å². The van der Waals surface area contributed by atoms with E-state index in [9.17, 15) is 8.42 Å². The van der Waals surface area contributed by atoms with Crippen LogP contribution in [0.15, 0.2) is 102 Å². The Kier molecular flexibility index (Phi) is 6.91. The summed E-state index contributed by atoms with van der Waals surface area (Å²) in [7, 11) is -2.04. The van der Waals surface area contributed by atoms with Gasteiger partial charge in [0.1, 0.15) is 11.6 Å². The molecule has 202 valence electrons. The zero-order valence-electron chi connectivity index (χ0n) is 21.9. The number of hydrogen-bond donors (Lipinski definition) is 1. The van der Waals surface area contributed by atoms with Crippen molar-refractivity contribution in [3.8, 4) is 16.9 Å². The zero-order valence-corrected chi connectivity index (χ0v) is 22.8. The highest BCUT2D eigenvalue weighted by Gasteiger charge is 2.19. The van der Waals surface area contributed by atoms with E-state index in [0.29, 0.717) is 5.69 Å². The fraction of sp³-hybridized carbons (Fsp3) is 0.167. The highest BCUT2D eigenvalue weighted by atomic mass is 32.2. The minimum atomic E-state index is -3.72. The number of benzene rings is 3. The molecule has 0 bridgehead atoms. The fourth-order valence-corrected chi connectivity index (χ4v) is 5.84.